The third-order valence-electron chi connectivity index (χ3n) is 10.5. The molecule has 1 atom stereocenters. The lowest BCUT2D eigenvalue weighted by molar-refractivity contribution is -0.167. The molecule has 0 aromatic carbocycles. The lowest BCUT2D eigenvalue weighted by Gasteiger charge is -2.18. The van der Waals surface area contributed by atoms with Gasteiger partial charge < -0.3 is 14.2 Å². The first-order chi connectivity index (χ1) is 25.9. The maximum absolute atomic E-state index is 12.5. The van der Waals surface area contributed by atoms with Crippen LogP contribution in [-0.4, -0.2) is 37.2 Å². The number of hydrogen-bond donors (Lipinski definition) is 0. The minimum Gasteiger partial charge on any atom is -0.462 e. The van der Waals surface area contributed by atoms with Crippen molar-refractivity contribution < 1.29 is 28.6 Å². The largest absolute Gasteiger partial charge is 0.462 e. The van der Waals surface area contributed by atoms with Gasteiger partial charge in [-0.3, -0.25) is 14.4 Å². The maximum atomic E-state index is 12.5. The molecule has 6 heteroatoms. The molecule has 0 heterocycles. The summed E-state index contributed by atoms with van der Waals surface area (Å²) < 4.78 is 16.6. The summed E-state index contributed by atoms with van der Waals surface area (Å²) in [5.74, 6) is -0.0265. The Morgan fingerprint density at radius 2 is 0.623 bits per heavy atom. The van der Waals surface area contributed by atoms with Gasteiger partial charge in [-0.1, -0.05) is 220 Å². The fraction of sp³-hybridized carbons (Fsp3) is 0.936. The average molecular weight is 751 g/mol. The zero-order valence-electron chi connectivity index (χ0n) is 36.0. The van der Waals surface area contributed by atoms with Crippen LogP contribution in [0.5, 0.6) is 0 Å². The molecule has 0 fully saturated rings. The van der Waals surface area contributed by atoms with Crippen molar-refractivity contribution in [3.05, 3.63) is 0 Å². The Morgan fingerprint density at radius 1 is 0.358 bits per heavy atom. The van der Waals surface area contributed by atoms with Gasteiger partial charge in [0, 0.05) is 19.3 Å². The van der Waals surface area contributed by atoms with Crippen molar-refractivity contribution in [2.24, 2.45) is 5.92 Å². The summed E-state index contributed by atoms with van der Waals surface area (Å²) in [7, 11) is 0. The molecule has 0 aliphatic rings. The van der Waals surface area contributed by atoms with Crippen molar-refractivity contribution in [3.63, 3.8) is 0 Å². The molecular formula is C47H90O6. The van der Waals surface area contributed by atoms with E-state index < -0.39 is 6.10 Å². The second-order valence-electron chi connectivity index (χ2n) is 16.5. The summed E-state index contributed by atoms with van der Waals surface area (Å²) >= 11 is 0. The zero-order valence-corrected chi connectivity index (χ0v) is 36.0. The van der Waals surface area contributed by atoms with Crippen molar-refractivity contribution in [3.8, 4) is 0 Å². The number of ether oxygens (including phenoxy) is 3. The van der Waals surface area contributed by atoms with Gasteiger partial charge in [-0.2, -0.15) is 0 Å². The van der Waals surface area contributed by atoms with E-state index in [9.17, 15) is 14.4 Å². The number of hydrogen-bond acceptors (Lipinski definition) is 6. The molecule has 53 heavy (non-hydrogen) atoms. The molecule has 0 radical (unpaired) electrons. The van der Waals surface area contributed by atoms with Crippen LogP contribution >= 0.6 is 0 Å². The monoisotopic (exact) mass is 751 g/mol. The number of carbonyl (C=O) groups excluding carboxylic acids is 3. The van der Waals surface area contributed by atoms with E-state index in [4.69, 9.17) is 14.2 Å². The molecule has 6 nitrogen and oxygen atoms in total. The van der Waals surface area contributed by atoms with Gasteiger partial charge in [-0.15, -0.1) is 0 Å². The Labute approximate surface area is 329 Å². The second kappa shape index (κ2) is 41.6. The van der Waals surface area contributed by atoms with E-state index >= 15 is 0 Å². The van der Waals surface area contributed by atoms with Gasteiger partial charge in [-0.05, 0) is 25.2 Å². The van der Waals surface area contributed by atoms with Crippen LogP contribution in [0.1, 0.15) is 259 Å². The summed E-state index contributed by atoms with van der Waals surface area (Å²) in [6.07, 6.45) is 41.2. The Hall–Kier alpha value is -1.59. The minimum atomic E-state index is -0.757. The maximum Gasteiger partial charge on any atom is 0.306 e. The molecule has 0 aliphatic heterocycles. The van der Waals surface area contributed by atoms with Crippen molar-refractivity contribution in [1.29, 1.82) is 0 Å². The smallest absolute Gasteiger partial charge is 0.306 e. The molecular weight excluding hydrogens is 661 g/mol. The quantitative estimate of drug-likeness (QED) is 0.0351. The van der Waals surface area contributed by atoms with E-state index in [1.165, 1.54) is 148 Å². The predicted octanol–water partition coefficient (Wildman–Crippen LogP) is 14.7. The number of unbranched alkanes of at least 4 members (excludes halogenated alkanes) is 29. The second-order valence-corrected chi connectivity index (χ2v) is 16.5. The summed E-state index contributed by atoms with van der Waals surface area (Å²) in [4.78, 5) is 37.5. The SMILES string of the molecule is CCCCCCCCCCCCCCCCC(=O)OC[C@@H](COC(=O)CCCCCCCCCCCCCCCC(C)C)OC(=O)CCCCCCC. The van der Waals surface area contributed by atoms with E-state index in [0.29, 0.717) is 19.3 Å². The Morgan fingerprint density at radius 3 is 0.925 bits per heavy atom. The molecule has 0 aromatic heterocycles. The first kappa shape index (κ1) is 51.4. The molecule has 0 unspecified atom stereocenters. The first-order valence-corrected chi connectivity index (χ1v) is 23.4. The molecule has 0 saturated carbocycles. The van der Waals surface area contributed by atoms with E-state index in [1.807, 2.05) is 0 Å². The number of carbonyl (C=O) groups is 3. The van der Waals surface area contributed by atoms with E-state index in [0.717, 1.165) is 70.1 Å². The fourth-order valence-electron chi connectivity index (χ4n) is 6.98. The van der Waals surface area contributed by atoms with Gasteiger partial charge in [0.1, 0.15) is 13.2 Å². The highest BCUT2D eigenvalue weighted by Crippen LogP contribution is 2.16. The Balaban J connectivity index is 4.11. The van der Waals surface area contributed by atoms with Crippen molar-refractivity contribution in [2.45, 2.75) is 265 Å². The van der Waals surface area contributed by atoms with Crippen LogP contribution in [0.4, 0.5) is 0 Å². The van der Waals surface area contributed by atoms with Gasteiger partial charge in [0.2, 0.25) is 0 Å². The normalized spacial score (nSPS) is 11.9. The van der Waals surface area contributed by atoms with Crippen LogP contribution in [0.15, 0.2) is 0 Å². The van der Waals surface area contributed by atoms with Crippen LogP contribution < -0.4 is 0 Å². The van der Waals surface area contributed by atoms with E-state index in [1.54, 1.807) is 0 Å². The molecule has 0 spiro atoms. The van der Waals surface area contributed by atoms with Crippen LogP contribution in [0.2, 0.25) is 0 Å². The van der Waals surface area contributed by atoms with Gasteiger partial charge >= 0.3 is 17.9 Å². The standard InChI is InChI=1S/C47H90O6/c1-5-7-9-11-12-13-14-15-18-21-24-27-31-34-38-45(48)51-41-44(53-47(50)40-36-29-10-8-6-2)42-52-46(49)39-35-32-28-25-22-19-16-17-20-23-26-30-33-37-43(3)4/h43-44H,5-42H2,1-4H3/t44-/m0/s1. The van der Waals surface area contributed by atoms with Gasteiger partial charge in [0.05, 0.1) is 0 Å². The summed E-state index contributed by atoms with van der Waals surface area (Å²) in [6, 6.07) is 0. The molecule has 314 valence electrons. The molecule has 0 saturated heterocycles. The zero-order chi connectivity index (χ0) is 38.9. The van der Waals surface area contributed by atoms with E-state index in [2.05, 4.69) is 27.7 Å². The highest BCUT2D eigenvalue weighted by molar-refractivity contribution is 5.71. The summed E-state index contributed by atoms with van der Waals surface area (Å²) in [5, 5.41) is 0. The lowest BCUT2D eigenvalue weighted by atomic mass is 10.0. The van der Waals surface area contributed by atoms with Gasteiger partial charge in [0.25, 0.3) is 0 Å². The van der Waals surface area contributed by atoms with Gasteiger partial charge in [-0.25, -0.2) is 0 Å². The molecule has 0 N–H and O–H groups in total. The van der Waals surface area contributed by atoms with Gasteiger partial charge in [0.15, 0.2) is 6.10 Å². The first-order valence-electron chi connectivity index (χ1n) is 23.4. The van der Waals surface area contributed by atoms with Crippen molar-refractivity contribution in [2.75, 3.05) is 13.2 Å². The topological polar surface area (TPSA) is 78.9 Å². The third-order valence-corrected chi connectivity index (χ3v) is 10.5. The number of esters is 3. The Kier molecular flexibility index (Phi) is 40.3. The molecule has 0 bridgehead atoms. The highest BCUT2D eigenvalue weighted by Gasteiger charge is 2.19. The average Bonchev–Trinajstić information content (AvgIpc) is 3.14. The predicted molar refractivity (Wildman–Crippen MR) is 224 cm³/mol. The molecule has 0 aromatic rings. The minimum absolute atomic E-state index is 0.0649. The van der Waals surface area contributed by atoms with Crippen LogP contribution in [-0.2, 0) is 28.6 Å². The molecule has 0 amide bonds. The summed E-state index contributed by atoms with van der Waals surface area (Å²) in [5.41, 5.74) is 0. The third kappa shape index (κ3) is 41.4. The molecule has 0 aliphatic carbocycles. The van der Waals surface area contributed by atoms with Crippen LogP contribution in [0, 0.1) is 5.92 Å². The van der Waals surface area contributed by atoms with E-state index in [-0.39, 0.29) is 31.1 Å². The van der Waals surface area contributed by atoms with Crippen molar-refractivity contribution >= 4 is 17.9 Å². The van der Waals surface area contributed by atoms with Crippen LogP contribution in [0.3, 0.4) is 0 Å². The highest BCUT2D eigenvalue weighted by atomic mass is 16.6. The fourth-order valence-corrected chi connectivity index (χ4v) is 6.98. The Bertz CT molecular complexity index is 796. The number of rotatable bonds is 42. The molecule has 0 rings (SSSR count). The van der Waals surface area contributed by atoms with Crippen molar-refractivity contribution in [1.82, 2.24) is 0 Å². The summed E-state index contributed by atoms with van der Waals surface area (Å²) in [6.45, 7) is 8.93. The lowest BCUT2D eigenvalue weighted by Crippen LogP contribution is -2.30. The van der Waals surface area contributed by atoms with Crippen LogP contribution in [0.25, 0.3) is 0 Å².